The van der Waals surface area contributed by atoms with E-state index in [-0.39, 0.29) is 11.5 Å². The summed E-state index contributed by atoms with van der Waals surface area (Å²) in [6.07, 6.45) is 4.80. The second-order valence-corrected chi connectivity index (χ2v) is 8.48. The van der Waals surface area contributed by atoms with Gasteiger partial charge in [-0.3, -0.25) is 14.4 Å². The number of primary amides is 1. The van der Waals surface area contributed by atoms with E-state index in [0.29, 0.717) is 5.56 Å². The van der Waals surface area contributed by atoms with Crippen molar-refractivity contribution in [2.45, 2.75) is 51.2 Å². The van der Waals surface area contributed by atoms with Crippen LogP contribution in [0.4, 0.5) is 0 Å². The molecule has 4 rings (SSSR count). The van der Waals surface area contributed by atoms with Crippen molar-refractivity contribution in [3.63, 3.8) is 0 Å². The molecule has 0 aliphatic carbocycles. The summed E-state index contributed by atoms with van der Waals surface area (Å²) >= 11 is 0. The molecule has 0 bridgehead atoms. The number of fused-ring (bicyclic) bond motifs is 1. The first-order valence-electron chi connectivity index (χ1n) is 9.68. The number of nitrogens with zero attached hydrogens (tertiary/aromatic N) is 3. The van der Waals surface area contributed by atoms with Crippen molar-refractivity contribution < 1.29 is 9.53 Å². The molecule has 1 saturated heterocycles. The van der Waals surface area contributed by atoms with Gasteiger partial charge in [0.15, 0.2) is 0 Å². The number of amides is 1. The number of carbonyl (C=O) groups is 1. The van der Waals surface area contributed by atoms with Crippen molar-refractivity contribution in [3.05, 3.63) is 46.8 Å². The summed E-state index contributed by atoms with van der Waals surface area (Å²) in [6.45, 7) is 7.06. The Morgan fingerprint density at radius 2 is 2.22 bits per heavy atom. The Hall–Kier alpha value is -2.34. The third-order valence-electron chi connectivity index (χ3n) is 5.58. The minimum absolute atomic E-state index is 0.132. The number of ether oxygens (including phenoxy) is 1. The fourth-order valence-electron chi connectivity index (χ4n) is 4.46. The van der Waals surface area contributed by atoms with Crippen molar-refractivity contribution in [2.24, 2.45) is 12.8 Å². The number of para-hydroxylation sites is 1. The van der Waals surface area contributed by atoms with Gasteiger partial charge in [0, 0.05) is 44.2 Å². The first-order valence-corrected chi connectivity index (χ1v) is 9.68. The second kappa shape index (κ2) is 6.68. The SMILES string of the molecule is Cn1cc(C(N)=O)c([C@H]2CCCN(Cc3cccc4c3OC(C)(C)C4)C2)n1. The Balaban J connectivity index is 1.53. The normalized spacial score (nSPS) is 21.7. The van der Waals surface area contributed by atoms with Crippen LogP contribution >= 0.6 is 0 Å². The molecule has 0 saturated carbocycles. The number of piperidine rings is 1. The van der Waals surface area contributed by atoms with E-state index < -0.39 is 5.91 Å². The summed E-state index contributed by atoms with van der Waals surface area (Å²) in [5, 5.41) is 4.54. The highest BCUT2D eigenvalue weighted by atomic mass is 16.5. The molecular weight excluding hydrogens is 340 g/mol. The number of carbonyl (C=O) groups excluding carboxylic acids is 1. The molecule has 6 heteroatoms. The minimum atomic E-state index is -0.397. The van der Waals surface area contributed by atoms with Crippen molar-refractivity contribution in [1.29, 1.82) is 0 Å². The van der Waals surface area contributed by atoms with E-state index in [1.165, 1.54) is 11.1 Å². The van der Waals surface area contributed by atoms with Crippen LogP contribution in [0.1, 0.15) is 59.8 Å². The zero-order valence-corrected chi connectivity index (χ0v) is 16.4. The molecular formula is C21H28N4O2. The van der Waals surface area contributed by atoms with Crippen LogP contribution in [0.25, 0.3) is 0 Å². The molecule has 1 aromatic carbocycles. The summed E-state index contributed by atoms with van der Waals surface area (Å²) in [5.74, 6) is 0.892. The molecule has 27 heavy (non-hydrogen) atoms. The zero-order chi connectivity index (χ0) is 19.2. The Bertz CT molecular complexity index is 871. The van der Waals surface area contributed by atoms with Crippen LogP contribution in [0, 0.1) is 0 Å². The van der Waals surface area contributed by atoms with Gasteiger partial charge in [-0.2, -0.15) is 5.10 Å². The van der Waals surface area contributed by atoms with Crippen LogP contribution in [0.5, 0.6) is 5.75 Å². The van der Waals surface area contributed by atoms with E-state index in [4.69, 9.17) is 10.5 Å². The Kier molecular flexibility index (Phi) is 4.46. The molecule has 0 radical (unpaired) electrons. The fraction of sp³-hybridized carbons (Fsp3) is 0.524. The number of hydrogen-bond acceptors (Lipinski definition) is 4. The number of nitrogens with two attached hydrogens (primary N) is 1. The van der Waals surface area contributed by atoms with Crippen molar-refractivity contribution in [3.8, 4) is 5.75 Å². The van der Waals surface area contributed by atoms with Gasteiger partial charge in [0.1, 0.15) is 11.4 Å². The predicted octanol–water partition coefficient (Wildman–Crippen LogP) is 2.61. The summed E-state index contributed by atoms with van der Waals surface area (Å²) in [6, 6.07) is 6.46. The lowest BCUT2D eigenvalue weighted by Gasteiger charge is -2.32. The molecule has 3 heterocycles. The molecule has 2 aliphatic rings. The molecule has 1 amide bonds. The lowest BCUT2D eigenvalue weighted by molar-refractivity contribution is 0.0997. The first-order chi connectivity index (χ1) is 12.8. The quantitative estimate of drug-likeness (QED) is 0.900. The molecule has 0 unspecified atom stereocenters. The molecule has 2 aromatic rings. The number of aryl methyl sites for hydroxylation is 1. The highest BCUT2D eigenvalue weighted by Crippen LogP contribution is 2.38. The van der Waals surface area contributed by atoms with Crippen LogP contribution in [-0.4, -0.2) is 39.3 Å². The van der Waals surface area contributed by atoms with Crippen molar-refractivity contribution in [2.75, 3.05) is 13.1 Å². The van der Waals surface area contributed by atoms with Crippen molar-refractivity contribution >= 4 is 5.91 Å². The molecule has 2 N–H and O–H groups in total. The van der Waals surface area contributed by atoms with E-state index >= 15 is 0 Å². The largest absolute Gasteiger partial charge is 0.487 e. The summed E-state index contributed by atoms with van der Waals surface area (Å²) in [4.78, 5) is 14.2. The Morgan fingerprint density at radius 1 is 1.41 bits per heavy atom. The Labute approximate surface area is 160 Å². The van der Waals surface area contributed by atoms with Gasteiger partial charge in [0.25, 0.3) is 5.91 Å². The number of aromatic nitrogens is 2. The van der Waals surface area contributed by atoms with E-state index in [0.717, 1.165) is 50.3 Å². The minimum Gasteiger partial charge on any atom is -0.487 e. The number of benzene rings is 1. The number of rotatable bonds is 4. The lowest BCUT2D eigenvalue weighted by atomic mass is 9.92. The maximum Gasteiger partial charge on any atom is 0.252 e. The average molecular weight is 368 g/mol. The predicted molar refractivity (Wildman–Crippen MR) is 104 cm³/mol. The topological polar surface area (TPSA) is 73.4 Å². The van der Waals surface area contributed by atoms with Gasteiger partial charge in [0.05, 0.1) is 11.3 Å². The zero-order valence-electron chi connectivity index (χ0n) is 16.4. The van der Waals surface area contributed by atoms with Gasteiger partial charge in [-0.05, 0) is 38.8 Å². The van der Waals surface area contributed by atoms with Crippen LogP contribution < -0.4 is 10.5 Å². The molecule has 1 atom stereocenters. The van der Waals surface area contributed by atoms with Gasteiger partial charge in [-0.25, -0.2) is 0 Å². The summed E-state index contributed by atoms with van der Waals surface area (Å²) in [5.41, 5.74) is 9.36. The highest BCUT2D eigenvalue weighted by molar-refractivity contribution is 5.93. The first kappa shape index (κ1) is 18.0. The standard InChI is InChI=1S/C21H28N4O2/c1-21(2)10-14-6-4-7-16(19(14)27-21)12-25-9-5-8-15(11-25)18-17(20(22)26)13-24(3)23-18/h4,6-7,13,15H,5,8-12H2,1-3H3,(H2,22,26)/t15-/m0/s1. The second-order valence-electron chi connectivity index (χ2n) is 8.48. The smallest absolute Gasteiger partial charge is 0.252 e. The molecule has 6 nitrogen and oxygen atoms in total. The Morgan fingerprint density at radius 3 is 3.00 bits per heavy atom. The average Bonchev–Trinajstić information content (AvgIpc) is 3.14. The van der Waals surface area contributed by atoms with Crippen LogP contribution in [0.2, 0.25) is 0 Å². The third-order valence-corrected chi connectivity index (χ3v) is 5.58. The van der Waals surface area contributed by atoms with Crippen LogP contribution in [-0.2, 0) is 20.0 Å². The van der Waals surface area contributed by atoms with Gasteiger partial charge in [-0.1, -0.05) is 18.2 Å². The maximum absolute atomic E-state index is 11.8. The van der Waals surface area contributed by atoms with Gasteiger partial charge >= 0.3 is 0 Å². The monoisotopic (exact) mass is 368 g/mol. The van der Waals surface area contributed by atoms with Crippen molar-refractivity contribution in [1.82, 2.24) is 14.7 Å². The molecule has 144 valence electrons. The molecule has 1 aromatic heterocycles. The summed E-state index contributed by atoms with van der Waals surface area (Å²) in [7, 11) is 1.84. The maximum atomic E-state index is 11.8. The van der Waals surface area contributed by atoms with Gasteiger partial charge < -0.3 is 10.5 Å². The van der Waals surface area contributed by atoms with Gasteiger partial charge in [0.2, 0.25) is 0 Å². The van der Waals surface area contributed by atoms with E-state index in [1.54, 1.807) is 10.9 Å². The van der Waals surface area contributed by atoms with E-state index in [9.17, 15) is 4.79 Å². The molecule has 1 fully saturated rings. The van der Waals surface area contributed by atoms with Crippen LogP contribution in [0.3, 0.4) is 0 Å². The van der Waals surface area contributed by atoms with Crippen LogP contribution in [0.15, 0.2) is 24.4 Å². The lowest BCUT2D eigenvalue weighted by Crippen LogP contribution is -2.35. The third kappa shape index (κ3) is 3.58. The van der Waals surface area contributed by atoms with E-state index in [2.05, 4.69) is 42.0 Å². The van der Waals surface area contributed by atoms with Gasteiger partial charge in [-0.15, -0.1) is 0 Å². The highest BCUT2D eigenvalue weighted by Gasteiger charge is 2.33. The fourth-order valence-corrected chi connectivity index (χ4v) is 4.46. The number of hydrogen-bond donors (Lipinski definition) is 1. The molecule has 0 spiro atoms. The summed E-state index contributed by atoms with van der Waals surface area (Å²) < 4.78 is 7.92. The molecule has 2 aliphatic heterocycles. The van der Waals surface area contributed by atoms with E-state index in [1.807, 2.05) is 7.05 Å². The number of likely N-dealkylation sites (tertiary alicyclic amines) is 1.